The number of aliphatic carboxylic acids is 1. The first kappa shape index (κ1) is 16.6. The number of carboxylic acid groups (broad SMARTS) is 1. The number of nitrogens with zero attached hydrogens (tertiary/aromatic N) is 1. The van der Waals surface area contributed by atoms with Gasteiger partial charge in [0.1, 0.15) is 0 Å². The van der Waals surface area contributed by atoms with E-state index in [1.165, 1.54) is 24.9 Å². The number of carboxylic acids is 1. The van der Waals surface area contributed by atoms with Crippen LogP contribution >= 0.6 is 0 Å². The van der Waals surface area contributed by atoms with Crippen LogP contribution in [0.4, 0.5) is 5.69 Å². The molecule has 0 fully saturated rings. The van der Waals surface area contributed by atoms with Crippen LogP contribution in [0.3, 0.4) is 0 Å². The normalized spacial score (nSPS) is 13.1. The van der Waals surface area contributed by atoms with E-state index in [1.807, 2.05) is 0 Å². The van der Waals surface area contributed by atoms with Gasteiger partial charge in [0.05, 0.1) is 17.8 Å². The minimum absolute atomic E-state index is 0.219. The summed E-state index contributed by atoms with van der Waals surface area (Å²) in [5, 5.41) is 20.7. The van der Waals surface area contributed by atoms with Gasteiger partial charge in [-0.1, -0.05) is 12.1 Å². The summed E-state index contributed by atoms with van der Waals surface area (Å²) in [4.78, 5) is 35.6. The molecule has 0 aliphatic carbocycles. The van der Waals surface area contributed by atoms with Crippen molar-refractivity contribution in [3.8, 4) is 0 Å². The van der Waals surface area contributed by atoms with E-state index in [0.29, 0.717) is 5.69 Å². The number of aliphatic hydroxyl groups is 1. The molecule has 0 aliphatic heterocycles. The van der Waals surface area contributed by atoms with Crippen LogP contribution in [0.5, 0.6) is 0 Å². The quantitative estimate of drug-likeness (QED) is 0.721. The third-order valence-corrected chi connectivity index (χ3v) is 3.04. The largest absolute Gasteiger partial charge is 0.479 e. The maximum atomic E-state index is 12.1. The highest BCUT2D eigenvalue weighted by atomic mass is 16.4. The standard InChI is InChI=1S/C14H18N2O5/c1-9(17)16(3)11-7-5-4-6-10(11)12(18)15-8-14(2,21)13(19)20/h4-7,21H,8H2,1-3H3,(H,15,18)(H,19,20). The zero-order valence-electron chi connectivity index (χ0n) is 12.1. The van der Waals surface area contributed by atoms with Crippen LogP contribution in [0.2, 0.25) is 0 Å². The number of carbonyl (C=O) groups is 3. The summed E-state index contributed by atoms with van der Waals surface area (Å²) < 4.78 is 0. The molecule has 1 rings (SSSR count). The average molecular weight is 294 g/mol. The highest BCUT2D eigenvalue weighted by Gasteiger charge is 2.30. The Morgan fingerprint density at radius 2 is 1.86 bits per heavy atom. The van der Waals surface area contributed by atoms with Gasteiger partial charge in [0.15, 0.2) is 5.60 Å². The van der Waals surface area contributed by atoms with Crippen molar-refractivity contribution in [1.82, 2.24) is 5.32 Å². The van der Waals surface area contributed by atoms with Crippen molar-refractivity contribution in [2.24, 2.45) is 0 Å². The molecule has 0 saturated carbocycles. The lowest BCUT2D eigenvalue weighted by atomic mass is 10.1. The summed E-state index contributed by atoms with van der Waals surface area (Å²) in [7, 11) is 1.53. The van der Waals surface area contributed by atoms with Gasteiger partial charge in [-0.3, -0.25) is 9.59 Å². The number of hydrogen-bond acceptors (Lipinski definition) is 4. The summed E-state index contributed by atoms with van der Waals surface area (Å²) in [5.41, 5.74) is -1.44. The van der Waals surface area contributed by atoms with Gasteiger partial charge >= 0.3 is 5.97 Å². The summed E-state index contributed by atoms with van der Waals surface area (Å²) in [6, 6.07) is 6.42. The Bertz CT molecular complexity index is 568. The summed E-state index contributed by atoms with van der Waals surface area (Å²) in [6.07, 6.45) is 0. The van der Waals surface area contributed by atoms with E-state index >= 15 is 0 Å². The number of hydrogen-bond donors (Lipinski definition) is 3. The number of benzene rings is 1. The van der Waals surface area contributed by atoms with Crippen LogP contribution in [-0.4, -0.2) is 47.2 Å². The summed E-state index contributed by atoms with van der Waals surface area (Å²) in [6.45, 7) is 2.01. The zero-order chi connectivity index (χ0) is 16.2. The molecule has 0 aromatic heterocycles. The highest BCUT2D eigenvalue weighted by molar-refractivity contribution is 6.04. The molecule has 3 N–H and O–H groups in total. The van der Waals surface area contributed by atoms with Crippen LogP contribution in [0, 0.1) is 0 Å². The average Bonchev–Trinajstić information content (AvgIpc) is 2.43. The van der Waals surface area contributed by atoms with Crippen molar-refractivity contribution in [1.29, 1.82) is 0 Å². The fourth-order valence-electron chi connectivity index (χ4n) is 1.55. The van der Waals surface area contributed by atoms with Crippen LogP contribution in [0.1, 0.15) is 24.2 Å². The number of carbonyl (C=O) groups excluding carboxylic acids is 2. The summed E-state index contributed by atoms with van der Waals surface area (Å²) in [5.74, 6) is -2.25. The number of amides is 2. The molecule has 0 spiro atoms. The predicted molar refractivity (Wildman–Crippen MR) is 76.1 cm³/mol. The lowest BCUT2D eigenvalue weighted by Gasteiger charge is -2.21. The van der Waals surface area contributed by atoms with Crippen molar-refractivity contribution in [3.05, 3.63) is 29.8 Å². The third-order valence-electron chi connectivity index (χ3n) is 3.04. The van der Waals surface area contributed by atoms with Crippen LogP contribution in [0.25, 0.3) is 0 Å². The molecule has 0 radical (unpaired) electrons. The number of anilines is 1. The fourth-order valence-corrected chi connectivity index (χ4v) is 1.55. The number of para-hydroxylation sites is 1. The molecule has 7 nitrogen and oxygen atoms in total. The maximum absolute atomic E-state index is 12.1. The Kier molecular flexibility index (Phi) is 5.04. The molecule has 2 amide bonds. The zero-order valence-corrected chi connectivity index (χ0v) is 12.1. The number of rotatable bonds is 5. The molecular weight excluding hydrogens is 276 g/mol. The van der Waals surface area contributed by atoms with Gasteiger partial charge in [-0.15, -0.1) is 0 Å². The fraction of sp³-hybridized carbons (Fsp3) is 0.357. The molecular formula is C14H18N2O5. The van der Waals surface area contributed by atoms with E-state index < -0.39 is 24.0 Å². The Morgan fingerprint density at radius 1 is 1.29 bits per heavy atom. The first-order valence-corrected chi connectivity index (χ1v) is 6.24. The number of nitrogens with one attached hydrogen (secondary N) is 1. The van der Waals surface area contributed by atoms with Crippen molar-refractivity contribution in [3.63, 3.8) is 0 Å². The lowest BCUT2D eigenvalue weighted by Crippen LogP contribution is -2.46. The van der Waals surface area contributed by atoms with E-state index in [1.54, 1.807) is 18.2 Å². The van der Waals surface area contributed by atoms with E-state index in [2.05, 4.69) is 5.32 Å². The van der Waals surface area contributed by atoms with Gasteiger partial charge in [0, 0.05) is 14.0 Å². The SMILES string of the molecule is CC(=O)N(C)c1ccccc1C(=O)NCC(C)(O)C(=O)O. The van der Waals surface area contributed by atoms with E-state index in [4.69, 9.17) is 5.11 Å². The van der Waals surface area contributed by atoms with Crippen molar-refractivity contribution < 1.29 is 24.6 Å². The van der Waals surface area contributed by atoms with Crippen molar-refractivity contribution in [2.75, 3.05) is 18.5 Å². The molecule has 1 aromatic rings. The highest BCUT2D eigenvalue weighted by Crippen LogP contribution is 2.19. The van der Waals surface area contributed by atoms with Gasteiger partial charge in [0.25, 0.3) is 5.91 Å². The second-order valence-electron chi connectivity index (χ2n) is 4.86. The minimum atomic E-state index is -2.06. The van der Waals surface area contributed by atoms with Gasteiger partial charge in [0.2, 0.25) is 5.91 Å². The topological polar surface area (TPSA) is 107 Å². The second-order valence-corrected chi connectivity index (χ2v) is 4.86. The Morgan fingerprint density at radius 3 is 2.38 bits per heavy atom. The molecule has 1 aromatic carbocycles. The van der Waals surface area contributed by atoms with Gasteiger partial charge in [-0.2, -0.15) is 0 Å². The van der Waals surface area contributed by atoms with E-state index in [9.17, 15) is 19.5 Å². The molecule has 0 heterocycles. The van der Waals surface area contributed by atoms with Crippen LogP contribution in [-0.2, 0) is 9.59 Å². The Hall–Kier alpha value is -2.41. The van der Waals surface area contributed by atoms with Crippen molar-refractivity contribution in [2.45, 2.75) is 19.4 Å². The van der Waals surface area contributed by atoms with Gasteiger partial charge < -0.3 is 20.4 Å². The third kappa shape index (κ3) is 4.03. The van der Waals surface area contributed by atoms with E-state index in [-0.39, 0.29) is 11.5 Å². The van der Waals surface area contributed by atoms with Crippen molar-refractivity contribution >= 4 is 23.5 Å². The molecule has 1 unspecified atom stereocenters. The molecule has 114 valence electrons. The molecule has 0 saturated heterocycles. The lowest BCUT2D eigenvalue weighted by molar-refractivity contribution is -0.155. The molecule has 21 heavy (non-hydrogen) atoms. The molecule has 7 heteroatoms. The summed E-state index contributed by atoms with van der Waals surface area (Å²) >= 11 is 0. The first-order valence-electron chi connectivity index (χ1n) is 6.24. The second kappa shape index (κ2) is 6.36. The smallest absolute Gasteiger partial charge is 0.337 e. The first-order chi connectivity index (χ1) is 9.66. The maximum Gasteiger partial charge on any atom is 0.337 e. The van der Waals surface area contributed by atoms with E-state index in [0.717, 1.165) is 6.92 Å². The predicted octanol–water partition coefficient (Wildman–Crippen LogP) is 0.235. The Labute approximate surface area is 122 Å². The molecule has 0 aliphatic rings. The molecule has 0 bridgehead atoms. The monoisotopic (exact) mass is 294 g/mol. The Balaban J connectivity index is 2.94. The van der Waals surface area contributed by atoms with Crippen LogP contribution in [0.15, 0.2) is 24.3 Å². The van der Waals surface area contributed by atoms with Crippen LogP contribution < -0.4 is 10.2 Å². The van der Waals surface area contributed by atoms with Gasteiger partial charge in [-0.05, 0) is 19.1 Å². The minimum Gasteiger partial charge on any atom is -0.479 e. The molecule has 1 atom stereocenters. The van der Waals surface area contributed by atoms with Gasteiger partial charge in [-0.25, -0.2) is 4.79 Å².